The number of anilines is 1. The summed E-state index contributed by atoms with van der Waals surface area (Å²) in [5.41, 5.74) is 2.43. The quantitative estimate of drug-likeness (QED) is 0.657. The molecule has 3 aromatic rings. The molecule has 1 amide bonds. The fourth-order valence-corrected chi connectivity index (χ4v) is 2.80. The van der Waals surface area contributed by atoms with E-state index in [0.29, 0.717) is 5.76 Å². The molecule has 0 radical (unpaired) electrons. The molecule has 146 valence electrons. The highest BCUT2D eigenvalue weighted by molar-refractivity contribution is 6.06. The van der Waals surface area contributed by atoms with Crippen LogP contribution in [-0.4, -0.2) is 28.8 Å². The van der Waals surface area contributed by atoms with Gasteiger partial charge in [0.1, 0.15) is 18.1 Å². The molecule has 0 atom stereocenters. The van der Waals surface area contributed by atoms with Crippen LogP contribution in [-0.2, 0) is 18.4 Å². The molecule has 28 heavy (non-hydrogen) atoms. The van der Waals surface area contributed by atoms with Crippen molar-refractivity contribution >= 4 is 17.6 Å². The summed E-state index contributed by atoms with van der Waals surface area (Å²) < 4.78 is 17.4. The van der Waals surface area contributed by atoms with E-state index in [1.165, 1.54) is 18.0 Å². The van der Waals surface area contributed by atoms with Crippen molar-refractivity contribution in [1.82, 2.24) is 9.78 Å². The van der Waals surface area contributed by atoms with Gasteiger partial charge in [-0.15, -0.1) is 0 Å². The maximum absolute atomic E-state index is 12.4. The lowest BCUT2D eigenvalue weighted by Crippen LogP contribution is -2.16. The molecule has 0 bridgehead atoms. The zero-order valence-electron chi connectivity index (χ0n) is 16.1. The van der Waals surface area contributed by atoms with E-state index in [4.69, 9.17) is 13.9 Å². The number of methoxy groups -OCH3 is 1. The van der Waals surface area contributed by atoms with Gasteiger partial charge < -0.3 is 19.2 Å². The second kappa shape index (κ2) is 7.99. The number of nitrogens with zero attached hydrogens (tertiary/aromatic N) is 2. The summed E-state index contributed by atoms with van der Waals surface area (Å²) in [6, 6.07) is 9.13. The Kier molecular flexibility index (Phi) is 5.49. The Labute approximate surface area is 162 Å². The van der Waals surface area contributed by atoms with Gasteiger partial charge in [-0.25, -0.2) is 4.79 Å². The van der Waals surface area contributed by atoms with E-state index in [1.807, 2.05) is 32.0 Å². The van der Waals surface area contributed by atoms with Gasteiger partial charge in [0.2, 0.25) is 0 Å². The highest BCUT2D eigenvalue weighted by Gasteiger charge is 2.21. The maximum atomic E-state index is 12.4. The smallest absolute Gasteiger partial charge is 0.358 e. The predicted octanol–water partition coefficient (Wildman–Crippen LogP) is 3.25. The first kappa shape index (κ1) is 19.2. The number of aromatic nitrogens is 2. The molecular formula is C20H21N3O5. The molecule has 8 nitrogen and oxygen atoms in total. The van der Waals surface area contributed by atoms with Crippen molar-refractivity contribution in [3.05, 3.63) is 64.9 Å². The SMILES string of the molecule is COC(=O)c1c(NC(=O)c2ccc(COc3c(C)cccc3C)o2)cnn1C. The van der Waals surface area contributed by atoms with E-state index in [0.717, 1.165) is 16.9 Å². The molecule has 3 rings (SSSR count). The number of amides is 1. The van der Waals surface area contributed by atoms with Crippen LogP contribution in [0.15, 0.2) is 40.9 Å². The Bertz CT molecular complexity index is 999. The fraction of sp³-hybridized carbons (Fsp3) is 0.250. The highest BCUT2D eigenvalue weighted by atomic mass is 16.5. The van der Waals surface area contributed by atoms with Gasteiger partial charge in [0, 0.05) is 7.05 Å². The minimum atomic E-state index is -0.600. The van der Waals surface area contributed by atoms with Gasteiger partial charge in [-0.05, 0) is 37.1 Å². The summed E-state index contributed by atoms with van der Waals surface area (Å²) in [5.74, 6) is 0.295. The van der Waals surface area contributed by atoms with Gasteiger partial charge in [-0.1, -0.05) is 18.2 Å². The first-order valence-electron chi connectivity index (χ1n) is 8.60. The van der Waals surface area contributed by atoms with E-state index in [9.17, 15) is 9.59 Å². The first-order valence-corrected chi connectivity index (χ1v) is 8.60. The summed E-state index contributed by atoms with van der Waals surface area (Å²) in [6.45, 7) is 4.13. The number of nitrogens with one attached hydrogen (secondary N) is 1. The molecule has 0 saturated carbocycles. The Hall–Kier alpha value is -3.55. The van der Waals surface area contributed by atoms with Crippen LogP contribution in [0.3, 0.4) is 0 Å². The number of esters is 1. The van der Waals surface area contributed by atoms with Crippen LogP contribution in [0, 0.1) is 13.8 Å². The van der Waals surface area contributed by atoms with Crippen molar-refractivity contribution in [1.29, 1.82) is 0 Å². The van der Waals surface area contributed by atoms with Crippen LogP contribution in [0.25, 0.3) is 0 Å². The number of furan rings is 1. The summed E-state index contributed by atoms with van der Waals surface area (Å²) in [6.07, 6.45) is 1.37. The van der Waals surface area contributed by atoms with E-state index in [1.54, 1.807) is 19.2 Å². The van der Waals surface area contributed by atoms with Crippen LogP contribution in [0.5, 0.6) is 5.75 Å². The monoisotopic (exact) mass is 383 g/mol. The molecule has 0 fully saturated rings. The van der Waals surface area contributed by atoms with Crippen molar-refractivity contribution in [3.8, 4) is 5.75 Å². The largest absolute Gasteiger partial charge is 0.485 e. The molecule has 0 spiro atoms. The Morgan fingerprint density at radius 3 is 2.57 bits per heavy atom. The molecule has 0 saturated heterocycles. The van der Waals surface area contributed by atoms with Crippen LogP contribution in [0.1, 0.15) is 37.9 Å². The van der Waals surface area contributed by atoms with Crippen molar-refractivity contribution in [2.24, 2.45) is 7.05 Å². The van der Waals surface area contributed by atoms with Gasteiger partial charge in [0.05, 0.1) is 19.0 Å². The van der Waals surface area contributed by atoms with Crippen molar-refractivity contribution in [2.45, 2.75) is 20.5 Å². The summed E-state index contributed by atoms with van der Waals surface area (Å²) in [7, 11) is 2.84. The second-order valence-electron chi connectivity index (χ2n) is 6.25. The van der Waals surface area contributed by atoms with Gasteiger partial charge >= 0.3 is 5.97 Å². The molecule has 0 unspecified atom stereocenters. The number of carbonyl (C=O) groups excluding carboxylic acids is 2. The third kappa shape index (κ3) is 3.90. The third-order valence-electron chi connectivity index (χ3n) is 4.22. The summed E-state index contributed by atoms with van der Waals surface area (Å²) >= 11 is 0. The number of carbonyl (C=O) groups is 2. The molecule has 2 aromatic heterocycles. The molecule has 1 N–H and O–H groups in total. The van der Waals surface area contributed by atoms with Gasteiger partial charge in [0.15, 0.2) is 11.5 Å². The normalized spacial score (nSPS) is 10.6. The van der Waals surface area contributed by atoms with E-state index >= 15 is 0 Å². The zero-order valence-corrected chi connectivity index (χ0v) is 16.1. The average Bonchev–Trinajstić information content (AvgIpc) is 3.28. The Morgan fingerprint density at radius 1 is 1.18 bits per heavy atom. The van der Waals surface area contributed by atoms with Crippen molar-refractivity contribution < 1.29 is 23.5 Å². The topological polar surface area (TPSA) is 95.6 Å². The van der Waals surface area contributed by atoms with Crippen molar-refractivity contribution in [2.75, 3.05) is 12.4 Å². The maximum Gasteiger partial charge on any atom is 0.358 e. The second-order valence-corrected chi connectivity index (χ2v) is 6.25. The van der Waals surface area contributed by atoms with Crippen LogP contribution >= 0.6 is 0 Å². The molecule has 0 aliphatic carbocycles. The van der Waals surface area contributed by atoms with Gasteiger partial charge in [0.25, 0.3) is 5.91 Å². The van der Waals surface area contributed by atoms with E-state index in [2.05, 4.69) is 10.4 Å². The highest BCUT2D eigenvalue weighted by Crippen LogP contribution is 2.24. The molecule has 2 heterocycles. The first-order chi connectivity index (χ1) is 13.4. The lowest BCUT2D eigenvalue weighted by molar-refractivity contribution is 0.0589. The van der Waals surface area contributed by atoms with Crippen molar-refractivity contribution in [3.63, 3.8) is 0 Å². The number of rotatable bonds is 6. The number of ether oxygens (including phenoxy) is 2. The van der Waals surface area contributed by atoms with E-state index < -0.39 is 11.9 Å². The molecule has 0 aliphatic rings. The predicted molar refractivity (Wildman–Crippen MR) is 101 cm³/mol. The number of hydrogen-bond acceptors (Lipinski definition) is 6. The summed E-state index contributed by atoms with van der Waals surface area (Å²) in [4.78, 5) is 24.3. The third-order valence-corrected chi connectivity index (χ3v) is 4.22. The van der Waals surface area contributed by atoms with Crippen LogP contribution in [0.4, 0.5) is 5.69 Å². The van der Waals surface area contributed by atoms with Gasteiger partial charge in [-0.2, -0.15) is 5.10 Å². The standard InChI is InChI=1S/C20H21N3O5/c1-12-6-5-7-13(2)18(12)27-11-14-8-9-16(28-14)19(24)22-15-10-21-23(3)17(15)20(25)26-4/h5-10H,11H2,1-4H3,(H,22,24). The van der Waals surface area contributed by atoms with Gasteiger partial charge in [-0.3, -0.25) is 9.48 Å². The lowest BCUT2D eigenvalue weighted by atomic mass is 10.1. The van der Waals surface area contributed by atoms with E-state index in [-0.39, 0.29) is 23.7 Å². The lowest BCUT2D eigenvalue weighted by Gasteiger charge is -2.10. The number of aryl methyl sites for hydroxylation is 3. The minimum absolute atomic E-state index is 0.0970. The summed E-state index contributed by atoms with van der Waals surface area (Å²) in [5, 5.41) is 6.58. The minimum Gasteiger partial charge on any atom is -0.485 e. The number of benzene rings is 1. The van der Waals surface area contributed by atoms with Crippen LogP contribution < -0.4 is 10.1 Å². The number of para-hydroxylation sites is 1. The Morgan fingerprint density at radius 2 is 1.89 bits per heavy atom. The molecule has 0 aliphatic heterocycles. The molecular weight excluding hydrogens is 362 g/mol. The molecule has 1 aromatic carbocycles. The average molecular weight is 383 g/mol. The zero-order chi connectivity index (χ0) is 20.3. The fourth-order valence-electron chi connectivity index (χ4n) is 2.80. The van der Waals surface area contributed by atoms with Crippen LogP contribution in [0.2, 0.25) is 0 Å². The number of hydrogen-bond donors (Lipinski definition) is 1. The molecule has 8 heteroatoms. The Balaban J connectivity index is 1.69.